The van der Waals surface area contributed by atoms with Gasteiger partial charge in [-0.3, -0.25) is 4.79 Å². The number of hydrogen-bond donors (Lipinski definition) is 2. The molecular weight excluding hydrogens is 228 g/mol. The second-order valence-corrected chi connectivity index (χ2v) is 4.11. The number of hydrogen-bond acceptors (Lipinski definition) is 2. The van der Waals surface area contributed by atoms with Crippen molar-refractivity contribution in [2.24, 2.45) is 0 Å². The van der Waals surface area contributed by atoms with E-state index in [9.17, 15) is 22.4 Å². The molecule has 1 heterocycles. The number of rotatable bonds is 4. The third-order valence-electron chi connectivity index (χ3n) is 2.67. The molecule has 1 unspecified atom stereocenters. The lowest BCUT2D eigenvalue weighted by atomic mass is 9.99. The van der Waals surface area contributed by atoms with Crippen molar-refractivity contribution in [2.45, 2.75) is 37.7 Å². The van der Waals surface area contributed by atoms with Crippen molar-refractivity contribution in [3.05, 3.63) is 0 Å². The van der Waals surface area contributed by atoms with Gasteiger partial charge in [-0.15, -0.1) is 0 Å². The van der Waals surface area contributed by atoms with Gasteiger partial charge in [-0.25, -0.2) is 8.78 Å². The second-order valence-electron chi connectivity index (χ2n) is 4.11. The van der Waals surface area contributed by atoms with E-state index >= 15 is 0 Å². The highest BCUT2D eigenvalue weighted by Gasteiger charge is 2.43. The van der Waals surface area contributed by atoms with Crippen molar-refractivity contribution in [2.75, 3.05) is 13.1 Å². The van der Waals surface area contributed by atoms with Crippen molar-refractivity contribution in [3.63, 3.8) is 0 Å². The first-order chi connectivity index (χ1) is 7.28. The lowest BCUT2D eigenvalue weighted by Crippen LogP contribution is -2.54. The van der Waals surface area contributed by atoms with E-state index in [0.29, 0.717) is 13.0 Å². The molecule has 0 saturated carbocycles. The standard InChI is InChI=1S/C9H14F4N2O/c1-8(3-2-4-15-8)7(16)14-5-9(12,13)6(10)11/h6,15H,2-5H2,1H3,(H,14,16). The summed E-state index contributed by atoms with van der Waals surface area (Å²) in [5.74, 6) is -4.84. The lowest BCUT2D eigenvalue weighted by molar-refractivity contribution is -0.139. The van der Waals surface area contributed by atoms with Gasteiger partial charge >= 0.3 is 12.3 Å². The van der Waals surface area contributed by atoms with Crippen LogP contribution in [0.1, 0.15) is 19.8 Å². The van der Waals surface area contributed by atoms with Crippen LogP contribution in [-0.2, 0) is 4.79 Å². The van der Waals surface area contributed by atoms with Gasteiger partial charge in [-0.1, -0.05) is 0 Å². The fourth-order valence-corrected chi connectivity index (χ4v) is 1.56. The molecular formula is C9H14F4N2O. The number of nitrogens with one attached hydrogen (secondary N) is 2. The van der Waals surface area contributed by atoms with Gasteiger partial charge in [0.1, 0.15) is 0 Å². The summed E-state index contributed by atoms with van der Waals surface area (Å²) >= 11 is 0. The van der Waals surface area contributed by atoms with E-state index in [4.69, 9.17) is 0 Å². The number of alkyl halides is 4. The summed E-state index contributed by atoms with van der Waals surface area (Å²) in [5.41, 5.74) is -0.918. The number of amides is 1. The summed E-state index contributed by atoms with van der Waals surface area (Å²) in [5, 5.41) is 4.71. The molecule has 1 aliphatic heterocycles. The molecule has 3 nitrogen and oxygen atoms in total. The van der Waals surface area contributed by atoms with Crippen molar-refractivity contribution in [1.29, 1.82) is 0 Å². The number of carbonyl (C=O) groups excluding carboxylic acids is 1. The quantitative estimate of drug-likeness (QED) is 0.726. The minimum atomic E-state index is -4.18. The average Bonchev–Trinajstić information content (AvgIpc) is 2.62. The van der Waals surface area contributed by atoms with E-state index in [1.165, 1.54) is 0 Å². The molecule has 1 fully saturated rings. The average molecular weight is 242 g/mol. The molecule has 0 radical (unpaired) electrons. The smallest absolute Gasteiger partial charge is 0.324 e. The Morgan fingerprint density at radius 1 is 1.56 bits per heavy atom. The van der Waals surface area contributed by atoms with Gasteiger partial charge in [0.15, 0.2) is 0 Å². The van der Waals surface area contributed by atoms with Gasteiger partial charge in [-0.05, 0) is 26.3 Å². The maximum absolute atomic E-state index is 12.5. The SMILES string of the molecule is CC1(C(=O)NCC(F)(F)C(F)F)CCCN1. The summed E-state index contributed by atoms with van der Waals surface area (Å²) in [7, 11) is 0. The van der Waals surface area contributed by atoms with Crippen LogP contribution in [0.5, 0.6) is 0 Å². The highest BCUT2D eigenvalue weighted by molar-refractivity contribution is 5.86. The number of halogens is 4. The molecule has 16 heavy (non-hydrogen) atoms. The van der Waals surface area contributed by atoms with Crippen LogP contribution in [0.3, 0.4) is 0 Å². The van der Waals surface area contributed by atoms with Gasteiger partial charge in [0.25, 0.3) is 0 Å². The molecule has 0 spiro atoms. The molecule has 0 aromatic heterocycles. The molecule has 0 bridgehead atoms. The summed E-state index contributed by atoms with van der Waals surface area (Å²) < 4.78 is 48.7. The van der Waals surface area contributed by atoms with Gasteiger partial charge in [-0.2, -0.15) is 8.78 Å². The van der Waals surface area contributed by atoms with E-state index in [0.717, 1.165) is 6.42 Å². The lowest BCUT2D eigenvalue weighted by Gasteiger charge is -2.24. The molecule has 0 aliphatic carbocycles. The normalized spacial score (nSPS) is 26.1. The highest BCUT2D eigenvalue weighted by Crippen LogP contribution is 2.23. The predicted molar refractivity (Wildman–Crippen MR) is 49.6 cm³/mol. The van der Waals surface area contributed by atoms with Crippen LogP contribution >= 0.6 is 0 Å². The third-order valence-corrected chi connectivity index (χ3v) is 2.67. The molecule has 2 N–H and O–H groups in total. The van der Waals surface area contributed by atoms with Gasteiger partial charge in [0.05, 0.1) is 12.1 Å². The molecule has 94 valence electrons. The third kappa shape index (κ3) is 2.84. The Morgan fingerprint density at radius 3 is 2.62 bits per heavy atom. The highest BCUT2D eigenvalue weighted by atomic mass is 19.3. The zero-order valence-electron chi connectivity index (χ0n) is 8.83. The van der Waals surface area contributed by atoms with Crippen molar-refractivity contribution in [3.8, 4) is 0 Å². The molecule has 0 aromatic rings. The Morgan fingerprint density at radius 2 is 2.19 bits per heavy atom. The van der Waals surface area contributed by atoms with Crippen LogP contribution < -0.4 is 10.6 Å². The van der Waals surface area contributed by atoms with Crippen LogP contribution in [0.15, 0.2) is 0 Å². The molecule has 7 heteroatoms. The summed E-state index contributed by atoms with van der Waals surface area (Å²) in [6.45, 7) is 0.853. The Balaban J connectivity index is 2.47. The fourth-order valence-electron chi connectivity index (χ4n) is 1.56. The van der Waals surface area contributed by atoms with E-state index in [-0.39, 0.29) is 0 Å². The maximum Gasteiger partial charge on any atom is 0.324 e. The minimum Gasteiger partial charge on any atom is -0.348 e. The molecule has 1 atom stereocenters. The van der Waals surface area contributed by atoms with Crippen LogP contribution in [0, 0.1) is 0 Å². The largest absolute Gasteiger partial charge is 0.348 e. The zero-order chi connectivity index (χ0) is 12.4. The van der Waals surface area contributed by atoms with Crippen LogP contribution in [0.25, 0.3) is 0 Å². The first kappa shape index (κ1) is 13.2. The molecule has 1 rings (SSSR count). The Kier molecular flexibility index (Phi) is 3.77. The Labute approximate surface area is 90.6 Å². The predicted octanol–water partition coefficient (Wildman–Crippen LogP) is 1.15. The van der Waals surface area contributed by atoms with E-state index in [1.54, 1.807) is 6.92 Å². The van der Waals surface area contributed by atoms with Crippen LogP contribution in [-0.4, -0.2) is 36.9 Å². The van der Waals surface area contributed by atoms with Gasteiger partial charge in [0.2, 0.25) is 5.91 Å². The Hall–Kier alpha value is -0.850. The summed E-state index contributed by atoms with van der Waals surface area (Å²) in [6, 6.07) is 0. The van der Waals surface area contributed by atoms with Gasteiger partial charge in [0, 0.05) is 0 Å². The first-order valence-electron chi connectivity index (χ1n) is 4.97. The van der Waals surface area contributed by atoms with Crippen molar-refractivity contribution < 1.29 is 22.4 Å². The van der Waals surface area contributed by atoms with E-state index < -0.39 is 30.3 Å². The van der Waals surface area contributed by atoms with E-state index in [1.807, 2.05) is 5.32 Å². The van der Waals surface area contributed by atoms with Crippen molar-refractivity contribution in [1.82, 2.24) is 10.6 Å². The summed E-state index contributed by atoms with van der Waals surface area (Å²) in [4.78, 5) is 11.5. The minimum absolute atomic E-state index is 0.513. The Bertz CT molecular complexity index is 264. The molecule has 1 amide bonds. The maximum atomic E-state index is 12.5. The summed E-state index contributed by atoms with van der Waals surface area (Å²) in [6.07, 6.45) is -2.49. The van der Waals surface area contributed by atoms with E-state index in [2.05, 4.69) is 5.32 Å². The second kappa shape index (κ2) is 4.57. The first-order valence-corrected chi connectivity index (χ1v) is 4.97. The molecule has 1 saturated heterocycles. The number of carbonyl (C=O) groups is 1. The van der Waals surface area contributed by atoms with Gasteiger partial charge < -0.3 is 10.6 Å². The molecule has 1 aliphatic rings. The fraction of sp³-hybridized carbons (Fsp3) is 0.889. The topological polar surface area (TPSA) is 41.1 Å². The zero-order valence-corrected chi connectivity index (χ0v) is 8.83. The van der Waals surface area contributed by atoms with Crippen molar-refractivity contribution >= 4 is 5.91 Å². The molecule has 0 aromatic carbocycles. The van der Waals surface area contributed by atoms with Crippen LogP contribution in [0.4, 0.5) is 17.6 Å². The monoisotopic (exact) mass is 242 g/mol. The van der Waals surface area contributed by atoms with Crippen LogP contribution in [0.2, 0.25) is 0 Å².